The van der Waals surface area contributed by atoms with Crippen LogP contribution < -0.4 is 5.32 Å². The van der Waals surface area contributed by atoms with Crippen molar-refractivity contribution in [2.24, 2.45) is 5.41 Å². The summed E-state index contributed by atoms with van der Waals surface area (Å²) in [6.07, 6.45) is 11.2. The molecule has 1 aliphatic rings. The molecule has 0 spiro atoms. The van der Waals surface area contributed by atoms with Crippen molar-refractivity contribution in [3.05, 3.63) is 18.7 Å². The molecule has 0 unspecified atom stereocenters. The lowest BCUT2D eigenvalue weighted by Crippen LogP contribution is -2.38. The summed E-state index contributed by atoms with van der Waals surface area (Å²) in [5.74, 6) is 0. The fourth-order valence-electron chi connectivity index (χ4n) is 2.34. The quantitative estimate of drug-likeness (QED) is 0.833. The third-order valence-corrected chi connectivity index (χ3v) is 3.47. The minimum absolute atomic E-state index is 0.0794. The highest BCUT2D eigenvalue weighted by Gasteiger charge is 2.27. The zero-order valence-corrected chi connectivity index (χ0v) is 9.78. The molecule has 4 nitrogen and oxygen atoms in total. The van der Waals surface area contributed by atoms with Crippen molar-refractivity contribution in [1.29, 1.82) is 0 Å². The fraction of sp³-hybridized carbons (Fsp3) is 0.667. The van der Waals surface area contributed by atoms with Crippen LogP contribution in [0.3, 0.4) is 0 Å². The van der Waals surface area contributed by atoms with Gasteiger partial charge in [0.05, 0.1) is 0 Å². The van der Waals surface area contributed by atoms with Crippen molar-refractivity contribution in [3.8, 4) is 0 Å². The Balaban J connectivity index is 1.84. The zero-order chi connectivity index (χ0) is 11.4. The maximum atomic E-state index is 11.7. The smallest absolute Gasteiger partial charge is 0.326 e. The second-order valence-corrected chi connectivity index (χ2v) is 5.00. The number of carbonyl (C=O) groups is 1. The van der Waals surface area contributed by atoms with Crippen molar-refractivity contribution in [2.45, 2.75) is 39.0 Å². The number of rotatable bonds is 2. The SMILES string of the molecule is CC1(CNC(=O)n2ccnc2)CCCCC1. The Kier molecular flexibility index (Phi) is 3.27. The predicted octanol–water partition coefficient (Wildman–Crippen LogP) is 2.41. The van der Waals surface area contributed by atoms with Crippen molar-refractivity contribution in [2.75, 3.05) is 6.54 Å². The molecule has 0 aliphatic heterocycles. The molecule has 1 aliphatic carbocycles. The van der Waals surface area contributed by atoms with Crippen LogP contribution in [0.5, 0.6) is 0 Å². The molecule has 16 heavy (non-hydrogen) atoms. The van der Waals surface area contributed by atoms with Gasteiger partial charge in [-0.3, -0.25) is 4.57 Å². The Bertz CT molecular complexity index is 339. The van der Waals surface area contributed by atoms with Gasteiger partial charge in [-0.1, -0.05) is 26.2 Å². The number of nitrogens with one attached hydrogen (secondary N) is 1. The third-order valence-electron chi connectivity index (χ3n) is 3.47. The van der Waals surface area contributed by atoms with E-state index in [1.807, 2.05) is 0 Å². The first kappa shape index (κ1) is 11.2. The summed E-state index contributed by atoms with van der Waals surface area (Å²) in [6, 6.07) is -0.0794. The maximum Gasteiger partial charge on any atom is 0.326 e. The van der Waals surface area contributed by atoms with Gasteiger partial charge in [0.1, 0.15) is 6.33 Å². The Morgan fingerprint density at radius 1 is 1.44 bits per heavy atom. The predicted molar refractivity (Wildman–Crippen MR) is 62.2 cm³/mol. The number of hydrogen-bond donors (Lipinski definition) is 1. The Hall–Kier alpha value is -1.32. The van der Waals surface area contributed by atoms with E-state index in [0.29, 0.717) is 0 Å². The molecule has 88 valence electrons. The van der Waals surface area contributed by atoms with Crippen LogP contribution >= 0.6 is 0 Å². The molecule has 1 heterocycles. The Morgan fingerprint density at radius 3 is 2.81 bits per heavy atom. The van der Waals surface area contributed by atoms with Crippen molar-refractivity contribution < 1.29 is 4.79 Å². The Labute approximate surface area is 96.1 Å². The van der Waals surface area contributed by atoms with Crippen LogP contribution in [0.2, 0.25) is 0 Å². The average molecular weight is 221 g/mol. The van der Waals surface area contributed by atoms with Crippen LogP contribution in [-0.2, 0) is 0 Å². The molecule has 1 N–H and O–H groups in total. The van der Waals surface area contributed by atoms with E-state index in [-0.39, 0.29) is 11.4 Å². The summed E-state index contributed by atoms with van der Waals surface area (Å²) >= 11 is 0. The largest absolute Gasteiger partial charge is 0.337 e. The first-order chi connectivity index (χ1) is 7.70. The molecule has 0 radical (unpaired) electrons. The molecule has 0 bridgehead atoms. The second-order valence-electron chi connectivity index (χ2n) is 5.00. The minimum atomic E-state index is -0.0794. The van der Waals surface area contributed by atoms with E-state index in [2.05, 4.69) is 17.2 Å². The van der Waals surface area contributed by atoms with Gasteiger partial charge in [0.2, 0.25) is 0 Å². The van der Waals surface area contributed by atoms with Crippen LogP contribution in [0, 0.1) is 5.41 Å². The first-order valence-corrected chi connectivity index (χ1v) is 5.96. The molecule has 0 saturated heterocycles. The van der Waals surface area contributed by atoms with E-state index in [1.165, 1.54) is 43.0 Å². The summed E-state index contributed by atoms with van der Waals surface area (Å²) in [5, 5.41) is 2.98. The normalized spacial score (nSPS) is 19.3. The van der Waals surface area contributed by atoms with E-state index < -0.39 is 0 Å². The number of aromatic nitrogens is 2. The lowest BCUT2D eigenvalue weighted by molar-refractivity contribution is 0.200. The molecular formula is C12H19N3O. The number of amides is 1. The van der Waals surface area contributed by atoms with E-state index in [1.54, 1.807) is 12.4 Å². The highest BCUT2D eigenvalue weighted by atomic mass is 16.2. The Morgan fingerprint density at radius 2 is 2.19 bits per heavy atom. The van der Waals surface area contributed by atoms with Gasteiger partial charge in [0.25, 0.3) is 0 Å². The highest BCUT2D eigenvalue weighted by molar-refractivity contribution is 5.76. The summed E-state index contributed by atoms with van der Waals surface area (Å²) in [4.78, 5) is 15.6. The molecular weight excluding hydrogens is 202 g/mol. The average Bonchev–Trinajstić information content (AvgIpc) is 2.80. The summed E-state index contributed by atoms with van der Waals surface area (Å²) in [6.45, 7) is 3.03. The molecule has 1 aromatic rings. The van der Waals surface area contributed by atoms with Gasteiger partial charge in [-0.25, -0.2) is 9.78 Å². The fourth-order valence-corrected chi connectivity index (χ4v) is 2.34. The van der Waals surface area contributed by atoms with Gasteiger partial charge in [0.15, 0.2) is 0 Å². The van der Waals surface area contributed by atoms with E-state index in [0.717, 1.165) is 6.54 Å². The number of imidazole rings is 1. The van der Waals surface area contributed by atoms with Crippen LogP contribution in [0.4, 0.5) is 4.79 Å². The number of carbonyl (C=O) groups excluding carboxylic acids is 1. The standard InChI is InChI=1S/C12H19N3O/c1-12(5-3-2-4-6-12)9-14-11(16)15-8-7-13-10-15/h7-8,10H,2-6,9H2,1H3,(H,14,16). The van der Waals surface area contributed by atoms with Gasteiger partial charge in [-0.15, -0.1) is 0 Å². The van der Waals surface area contributed by atoms with Gasteiger partial charge < -0.3 is 5.32 Å². The van der Waals surface area contributed by atoms with Crippen molar-refractivity contribution >= 4 is 6.03 Å². The van der Waals surface area contributed by atoms with E-state index >= 15 is 0 Å². The van der Waals surface area contributed by atoms with Crippen LogP contribution in [0.1, 0.15) is 39.0 Å². The lowest BCUT2D eigenvalue weighted by Gasteiger charge is -2.33. The zero-order valence-electron chi connectivity index (χ0n) is 9.78. The highest BCUT2D eigenvalue weighted by Crippen LogP contribution is 2.34. The monoisotopic (exact) mass is 221 g/mol. The molecule has 1 amide bonds. The van der Waals surface area contributed by atoms with E-state index in [9.17, 15) is 4.79 Å². The summed E-state index contributed by atoms with van der Waals surface area (Å²) in [7, 11) is 0. The summed E-state index contributed by atoms with van der Waals surface area (Å²) < 4.78 is 1.48. The number of hydrogen-bond acceptors (Lipinski definition) is 2. The number of nitrogens with zero attached hydrogens (tertiary/aromatic N) is 2. The van der Waals surface area contributed by atoms with Crippen LogP contribution in [0.25, 0.3) is 0 Å². The van der Waals surface area contributed by atoms with Crippen molar-refractivity contribution in [3.63, 3.8) is 0 Å². The molecule has 1 aromatic heterocycles. The topological polar surface area (TPSA) is 46.9 Å². The molecule has 4 heteroatoms. The second kappa shape index (κ2) is 4.68. The van der Waals surface area contributed by atoms with E-state index in [4.69, 9.17) is 0 Å². The molecule has 1 saturated carbocycles. The molecule has 2 rings (SSSR count). The first-order valence-electron chi connectivity index (χ1n) is 5.96. The maximum absolute atomic E-state index is 11.7. The third kappa shape index (κ3) is 2.62. The van der Waals surface area contributed by atoms with Gasteiger partial charge in [-0.2, -0.15) is 0 Å². The van der Waals surface area contributed by atoms with Crippen LogP contribution in [0.15, 0.2) is 18.7 Å². The van der Waals surface area contributed by atoms with Gasteiger partial charge in [-0.05, 0) is 18.3 Å². The minimum Gasteiger partial charge on any atom is -0.337 e. The molecule has 0 aromatic carbocycles. The van der Waals surface area contributed by atoms with Crippen molar-refractivity contribution in [1.82, 2.24) is 14.9 Å². The van der Waals surface area contributed by atoms with Crippen LogP contribution in [-0.4, -0.2) is 22.1 Å². The molecule has 1 fully saturated rings. The van der Waals surface area contributed by atoms with Gasteiger partial charge in [0, 0.05) is 18.9 Å². The molecule has 0 atom stereocenters. The lowest BCUT2D eigenvalue weighted by atomic mass is 9.76. The van der Waals surface area contributed by atoms with Gasteiger partial charge >= 0.3 is 6.03 Å². The summed E-state index contributed by atoms with van der Waals surface area (Å²) in [5.41, 5.74) is 0.286.